The summed E-state index contributed by atoms with van der Waals surface area (Å²) in [5.74, 6) is 1.20. The normalized spacial score (nSPS) is 18.6. The van der Waals surface area contributed by atoms with Gasteiger partial charge in [0.2, 0.25) is 5.88 Å². The summed E-state index contributed by atoms with van der Waals surface area (Å²) in [4.78, 5) is 13.3. The van der Waals surface area contributed by atoms with Gasteiger partial charge >= 0.3 is 0 Å². The monoisotopic (exact) mass is 305 g/mol. The Morgan fingerprint density at radius 1 is 1.55 bits per heavy atom. The van der Waals surface area contributed by atoms with Crippen molar-refractivity contribution in [3.63, 3.8) is 0 Å². The number of piperidine rings is 1. The molecule has 2 rings (SSSR count). The summed E-state index contributed by atoms with van der Waals surface area (Å²) in [6.07, 6.45) is 5.09. The van der Waals surface area contributed by atoms with E-state index in [1.807, 2.05) is 12.1 Å². The van der Waals surface area contributed by atoms with Crippen molar-refractivity contribution in [1.29, 1.82) is 0 Å². The van der Waals surface area contributed by atoms with Gasteiger partial charge in [-0.2, -0.15) is 0 Å². The Morgan fingerprint density at radius 3 is 3.18 bits per heavy atom. The van der Waals surface area contributed by atoms with Gasteiger partial charge in [0.05, 0.1) is 19.7 Å². The molecule has 1 fully saturated rings. The van der Waals surface area contributed by atoms with Crippen LogP contribution in [0.15, 0.2) is 28.5 Å². The van der Waals surface area contributed by atoms with Gasteiger partial charge in [0.1, 0.15) is 6.61 Å². The van der Waals surface area contributed by atoms with Crippen molar-refractivity contribution >= 4 is 18.2 Å². The number of anilines is 1. The highest BCUT2D eigenvalue weighted by Crippen LogP contribution is 2.13. The number of nitrogens with one attached hydrogen (secondary N) is 2. The first-order chi connectivity index (χ1) is 10.8. The van der Waals surface area contributed by atoms with Crippen molar-refractivity contribution < 1.29 is 9.57 Å². The Bertz CT molecular complexity index is 500. The van der Waals surface area contributed by atoms with Gasteiger partial charge in [-0.3, -0.25) is 0 Å². The number of aromatic nitrogens is 1. The predicted octanol–water partition coefficient (Wildman–Crippen LogP) is 1.67. The van der Waals surface area contributed by atoms with Crippen LogP contribution in [0.2, 0.25) is 0 Å². The third kappa shape index (κ3) is 5.00. The highest BCUT2D eigenvalue weighted by molar-refractivity contribution is 5.90. The van der Waals surface area contributed by atoms with Gasteiger partial charge in [-0.25, -0.2) is 9.98 Å². The summed E-state index contributed by atoms with van der Waals surface area (Å²) in [7, 11) is 1.59. The second kappa shape index (κ2) is 8.99. The van der Waals surface area contributed by atoms with E-state index in [4.69, 9.17) is 9.57 Å². The number of hydrogen-bond acceptors (Lipinski definition) is 6. The lowest BCUT2D eigenvalue weighted by molar-refractivity contribution is 0.152. The molecular weight excluding hydrogens is 282 g/mol. The number of ether oxygens (including phenoxy) is 1. The lowest BCUT2D eigenvalue weighted by Gasteiger charge is -2.22. The maximum Gasteiger partial charge on any atom is 0.214 e. The van der Waals surface area contributed by atoms with E-state index in [2.05, 4.69) is 32.5 Å². The molecule has 0 amide bonds. The highest BCUT2D eigenvalue weighted by Gasteiger charge is 2.18. The first-order valence-electron chi connectivity index (χ1n) is 7.47. The second-order valence-electron chi connectivity index (χ2n) is 4.96. The number of rotatable bonds is 7. The van der Waals surface area contributed by atoms with E-state index in [-0.39, 0.29) is 6.04 Å². The maximum absolute atomic E-state index is 5.32. The first kappa shape index (κ1) is 16.2. The van der Waals surface area contributed by atoms with Gasteiger partial charge in [0.25, 0.3) is 0 Å². The number of pyridine rings is 1. The van der Waals surface area contributed by atoms with Crippen LogP contribution in [0.3, 0.4) is 0 Å². The van der Waals surface area contributed by atoms with Crippen molar-refractivity contribution in [3.05, 3.63) is 18.3 Å². The summed E-state index contributed by atoms with van der Waals surface area (Å²) in [5.41, 5.74) is 0.926. The van der Waals surface area contributed by atoms with Crippen LogP contribution in [0.1, 0.15) is 19.3 Å². The van der Waals surface area contributed by atoms with Crippen molar-refractivity contribution in [2.24, 2.45) is 10.1 Å². The average molecular weight is 305 g/mol. The molecule has 120 valence electrons. The Hall–Kier alpha value is -2.15. The summed E-state index contributed by atoms with van der Waals surface area (Å²) in [6.45, 7) is 5.62. The number of hydrogen-bond donors (Lipinski definition) is 2. The topological polar surface area (TPSA) is 80.1 Å². The molecule has 0 aliphatic carbocycles. The molecule has 0 bridgehead atoms. The molecule has 1 saturated heterocycles. The predicted molar refractivity (Wildman–Crippen MR) is 87.9 cm³/mol. The third-order valence-corrected chi connectivity index (χ3v) is 3.41. The largest absolute Gasteiger partial charge is 0.481 e. The maximum atomic E-state index is 5.32. The van der Waals surface area contributed by atoms with E-state index in [0.29, 0.717) is 24.9 Å². The molecule has 1 unspecified atom stereocenters. The molecule has 1 aliphatic rings. The van der Waals surface area contributed by atoms with Crippen molar-refractivity contribution in [1.82, 2.24) is 10.3 Å². The third-order valence-electron chi connectivity index (χ3n) is 3.41. The minimum atomic E-state index is 0.156. The molecule has 0 saturated carbocycles. The molecule has 22 heavy (non-hydrogen) atoms. The zero-order valence-electron chi connectivity index (χ0n) is 12.9. The van der Waals surface area contributed by atoms with Crippen LogP contribution in [-0.4, -0.2) is 50.4 Å². The van der Waals surface area contributed by atoms with Crippen LogP contribution in [0.4, 0.5) is 5.69 Å². The summed E-state index contributed by atoms with van der Waals surface area (Å²) < 4.78 is 5.06. The molecule has 7 nitrogen and oxygen atoms in total. The Morgan fingerprint density at radius 2 is 2.45 bits per heavy atom. The number of oxime groups is 1. The molecule has 1 aromatic rings. The standard InChI is InChI=1S/C15H23N5O2/c1-16-15(13-5-3-4-7-18-13)20-22-10-9-17-12-6-8-19-14(11-12)21-2/h6,8,11,13,18H,1,3-5,7,9-10H2,2H3,(H,17,19)/b20-15-. The van der Waals surface area contributed by atoms with Crippen LogP contribution in [0, 0.1) is 0 Å². The number of amidine groups is 1. The Balaban J connectivity index is 1.72. The Kier molecular flexibility index (Phi) is 6.63. The molecule has 0 radical (unpaired) electrons. The highest BCUT2D eigenvalue weighted by atomic mass is 16.6. The molecule has 7 heteroatoms. The minimum absolute atomic E-state index is 0.156. The molecule has 0 spiro atoms. The second-order valence-corrected chi connectivity index (χ2v) is 4.96. The number of methoxy groups -OCH3 is 1. The Labute approximate surface area is 130 Å². The van der Waals surface area contributed by atoms with Gasteiger partial charge in [0, 0.05) is 18.0 Å². The molecule has 1 aromatic heterocycles. The van der Waals surface area contributed by atoms with E-state index >= 15 is 0 Å². The summed E-state index contributed by atoms with van der Waals surface area (Å²) >= 11 is 0. The van der Waals surface area contributed by atoms with Gasteiger partial charge in [0.15, 0.2) is 5.84 Å². The lowest BCUT2D eigenvalue weighted by Crippen LogP contribution is -2.39. The van der Waals surface area contributed by atoms with E-state index < -0.39 is 0 Å². The van der Waals surface area contributed by atoms with E-state index in [1.165, 1.54) is 12.8 Å². The van der Waals surface area contributed by atoms with Crippen LogP contribution in [-0.2, 0) is 4.84 Å². The van der Waals surface area contributed by atoms with Crippen LogP contribution >= 0.6 is 0 Å². The number of nitrogens with zero attached hydrogens (tertiary/aromatic N) is 3. The molecule has 1 atom stereocenters. The number of aliphatic imine (C=N–C) groups is 1. The quantitative estimate of drug-likeness (QED) is 0.347. The summed E-state index contributed by atoms with van der Waals surface area (Å²) in [5, 5.41) is 10.7. The zero-order chi connectivity index (χ0) is 15.6. The molecule has 1 aliphatic heterocycles. The zero-order valence-corrected chi connectivity index (χ0v) is 12.9. The molecule has 2 N–H and O–H groups in total. The summed E-state index contributed by atoms with van der Waals surface area (Å²) in [6, 6.07) is 3.85. The van der Waals surface area contributed by atoms with Gasteiger partial charge in [-0.15, -0.1) is 0 Å². The fourth-order valence-corrected chi connectivity index (χ4v) is 2.26. The fraction of sp³-hybridized carbons (Fsp3) is 0.533. The lowest BCUT2D eigenvalue weighted by atomic mass is 10.0. The fourth-order valence-electron chi connectivity index (χ4n) is 2.26. The van der Waals surface area contributed by atoms with Gasteiger partial charge < -0.3 is 20.2 Å². The first-order valence-corrected chi connectivity index (χ1v) is 7.47. The van der Waals surface area contributed by atoms with Crippen LogP contribution in [0.5, 0.6) is 5.88 Å². The average Bonchev–Trinajstić information content (AvgIpc) is 2.59. The van der Waals surface area contributed by atoms with Crippen LogP contribution in [0.25, 0.3) is 0 Å². The SMILES string of the molecule is C=N/C(=N\OCCNc1ccnc(OC)c1)C1CCCCN1. The molecule has 0 aromatic carbocycles. The van der Waals surface area contributed by atoms with E-state index in [0.717, 1.165) is 18.7 Å². The van der Waals surface area contributed by atoms with Gasteiger partial charge in [-0.1, -0.05) is 11.6 Å². The molecule has 2 heterocycles. The van der Waals surface area contributed by atoms with Gasteiger partial charge in [-0.05, 0) is 32.2 Å². The van der Waals surface area contributed by atoms with Crippen LogP contribution < -0.4 is 15.4 Å². The smallest absolute Gasteiger partial charge is 0.214 e. The van der Waals surface area contributed by atoms with Crippen molar-refractivity contribution in [2.75, 3.05) is 32.1 Å². The van der Waals surface area contributed by atoms with Crippen molar-refractivity contribution in [3.8, 4) is 5.88 Å². The van der Waals surface area contributed by atoms with Crippen molar-refractivity contribution in [2.45, 2.75) is 25.3 Å². The van der Waals surface area contributed by atoms with E-state index in [9.17, 15) is 0 Å². The van der Waals surface area contributed by atoms with E-state index in [1.54, 1.807) is 13.3 Å². The minimum Gasteiger partial charge on any atom is -0.481 e. The molecular formula is C15H23N5O2.